The van der Waals surface area contributed by atoms with Gasteiger partial charge in [0.1, 0.15) is 12.7 Å². The summed E-state index contributed by atoms with van der Waals surface area (Å²) in [4.78, 5) is 24.8. The molecule has 3 atom stereocenters. The van der Waals surface area contributed by atoms with Crippen molar-refractivity contribution in [1.29, 1.82) is 0 Å². The van der Waals surface area contributed by atoms with Crippen LogP contribution in [0.3, 0.4) is 0 Å². The number of alkyl halides is 1. The number of rotatable bonds is 3. The summed E-state index contributed by atoms with van der Waals surface area (Å²) in [5.41, 5.74) is -2.23. The van der Waals surface area contributed by atoms with Crippen LogP contribution in [-0.4, -0.2) is 43.4 Å². The molecule has 8 nitrogen and oxygen atoms in total. The molecule has 0 amide bonds. The van der Waals surface area contributed by atoms with Crippen LogP contribution in [0.4, 0.5) is 4.39 Å². The molecule has 1 fully saturated rings. The SMILES string of the molecule is [2H][C@@]1(n2cc(CO)c(=O)[nH]c2=O)O[C@](F)(CO)C[C@H]1O. The van der Waals surface area contributed by atoms with Gasteiger partial charge in [-0.2, -0.15) is 0 Å². The van der Waals surface area contributed by atoms with Crippen molar-refractivity contribution >= 4 is 0 Å². The first-order valence-electron chi connectivity index (χ1n) is 5.90. The van der Waals surface area contributed by atoms with Crippen LogP contribution in [0.1, 0.15) is 19.6 Å². The number of hydrogen-bond donors (Lipinski definition) is 4. The molecule has 1 aromatic heterocycles. The number of hydrogen-bond acceptors (Lipinski definition) is 6. The third-order valence-electron chi connectivity index (χ3n) is 2.73. The van der Waals surface area contributed by atoms with Gasteiger partial charge in [-0.15, -0.1) is 0 Å². The van der Waals surface area contributed by atoms with Crippen molar-refractivity contribution in [1.82, 2.24) is 9.55 Å². The second-order valence-corrected chi connectivity index (χ2v) is 4.14. The lowest BCUT2D eigenvalue weighted by atomic mass is 10.2. The highest BCUT2D eigenvalue weighted by Crippen LogP contribution is 2.36. The van der Waals surface area contributed by atoms with E-state index in [0.29, 0.717) is 4.57 Å². The Hall–Kier alpha value is -1.55. The predicted molar refractivity (Wildman–Crippen MR) is 58.9 cm³/mol. The summed E-state index contributed by atoms with van der Waals surface area (Å²) in [7, 11) is 0. The number of ether oxygens (including phenoxy) is 1. The van der Waals surface area contributed by atoms with Crippen molar-refractivity contribution in [2.24, 2.45) is 0 Å². The minimum absolute atomic E-state index is 0.257. The van der Waals surface area contributed by atoms with E-state index in [0.717, 1.165) is 6.20 Å². The number of nitrogens with zero attached hydrogens (tertiary/aromatic N) is 1. The van der Waals surface area contributed by atoms with Crippen LogP contribution >= 0.6 is 0 Å². The zero-order valence-corrected chi connectivity index (χ0v) is 9.67. The fourth-order valence-corrected chi connectivity index (χ4v) is 1.77. The van der Waals surface area contributed by atoms with E-state index < -0.39 is 49.0 Å². The normalized spacial score (nSPS) is 35.4. The summed E-state index contributed by atoms with van der Waals surface area (Å²) in [6.07, 6.45) is -4.22. The minimum Gasteiger partial charge on any atom is -0.391 e. The molecule has 1 aliphatic rings. The van der Waals surface area contributed by atoms with Gasteiger partial charge in [-0.25, -0.2) is 9.18 Å². The highest BCUT2D eigenvalue weighted by atomic mass is 19.2. The molecule has 1 aromatic rings. The molecule has 19 heavy (non-hydrogen) atoms. The monoisotopic (exact) mass is 277 g/mol. The lowest BCUT2D eigenvalue weighted by molar-refractivity contribution is -0.181. The lowest BCUT2D eigenvalue weighted by Crippen LogP contribution is -2.37. The Bertz CT molecular complexity index is 633. The van der Waals surface area contributed by atoms with E-state index in [1.807, 2.05) is 4.98 Å². The first kappa shape index (κ1) is 12.5. The molecule has 2 heterocycles. The van der Waals surface area contributed by atoms with Crippen molar-refractivity contribution < 1.29 is 25.8 Å². The molecule has 9 heteroatoms. The largest absolute Gasteiger partial charge is 0.391 e. The maximum atomic E-state index is 13.9. The first-order valence-corrected chi connectivity index (χ1v) is 5.40. The summed E-state index contributed by atoms with van der Waals surface area (Å²) < 4.78 is 26.9. The van der Waals surface area contributed by atoms with Crippen molar-refractivity contribution in [3.63, 3.8) is 0 Å². The molecular formula is C10H13FN2O6. The number of aromatic amines is 1. The van der Waals surface area contributed by atoms with Crippen LogP contribution in [0.2, 0.25) is 0 Å². The van der Waals surface area contributed by atoms with Crippen LogP contribution in [0, 0.1) is 0 Å². The maximum absolute atomic E-state index is 13.9. The van der Waals surface area contributed by atoms with E-state index in [2.05, 4.69) is 4.74 Å². The number of aromatic nitrogens is 2. The van der Waals surface area contributed by atoms with Crippen LogP contribution in [-0.2, 0) is 11.3 Å². The van der Waals surface area contributed by atoms with Gasteiger partial charge >= 0.3 is 5.69 Å². The van der Waals surface area contributed by atoms with Gasteiger partial charge in [-0.3, -0.25) is 14.3 Å². The quantitative estimate of drug-likeness (QED) is 0.505. The standard InChI is InChI=1S/C10H13FN2O6/c11-10(4-15)1-6(16)8(19-10)13-2-5(3-14)7(17)12-9(13)18/h2,6,8,14-16H,1,3-4H2,(H,12,17,18)/t6-,8-,10+/m1/s1/i8D. The number of aliphatic hydroxyl groups excluding tert-OH is 3. The molecule has 0 bridgehead atoms. The Labute approximate surface area is 107 Å². The molecule has 0 radical (unpaired) electrons. The highest BCUT2D eigenvalue weighted by Gasteiger charge is 2.47. The molecule has 0 aliphatic carbocycles. The molecule has 1 aliphatic heterocycles. The first-order chi connectivity index (χ1) is 9.25. The summed E-state index contributed by atoms with van der Waals surface area (Å²) >= 11 is 0. The van der Waals surface area contributed by atoms with Crippen molar-refractivity contribution in [2.45, 2.75) is 31.2 Å². The van der Waals surface area contributed by atoms with Crippen LogP contribution in [0.5, 0.6) is 0 Å². The number of aliphatic hydroxyl groups is 3. The average molecular weight is 277 g/mol. The topological polar surface area (TPSA) is 125 Å². The molecule has 106 valence electrons. The summed E-state index contributed by atoms with van der Waals surface area (Å²) in [5.74, 6) is -2.67. The van der Waals surface area contributed by atoms with E-state index >= 15 is 0 Å². The average Bonchev–Trinajstić information content (AvgIpc) is 2.61. The van der Waals surface area contributed by atoms with Gasteiger partial charge in [-0.05, 0) is 0 Å². The smallest absolute Gasteiger partial charge is 0.330 e. The third-order valence-corrected chi connectivity index (χ3v) is 2.73. The molecule has 0 spiro atoms. The Morgan fingerprint density at radius 1 is 1.63 bits per heavy atom. The van der Waals surface area contributed by atoms with Crippen LogP contribution in [0.25, 0.3) is 0 Å². The lowest BCUT2D eigenvalue weighted by Gasteiger charge is -2.19. The van der Waals surface area contributed by atoms with Gasteiger partial charge in [0, 0.05) is 12.6 Å². The van der Waals surface area contributed by atoms with E-state index in [1.54, 1.807) is 0 Å². The highest BCUT2D eigenvalue weighted by molar-refractivity contribution is 5.04. The number of H-pyrrole nitrogens is 1. The fourth-order valence-electron chi connectivity index (χ4n) is 1.77. The third kappa shape index (κ3) is 2.45. The van der Waals surface area contributed by atoms with Crippen molar-refractivity contribution in [3.8, 4) is 0 Å². The van der Waals surface area contributed by atoms with Gasteiger partial charge in [0.05, 0.1) is 13.5 Å². The summed E-state index contributed by atoms with van der Waals surface area (Å²) in [5, 5.41) is 27.6. The van der Waals surface area contributed by atoms with Gasteiger partial charge in [-0.1, -0.05) is 0 Å². The van der Waals surface area contributed by atoms with Crippen molar-refractivity contribution in [3.05, 3.63) is 32.6 Å². The molecule has 0 unspecified atom stereocenters. The van der Waals surface area contributed by atoms with Gasteiger partial charge in [0.25, 0.3) is 5.56 Å². The van der Waals surface area contributed by atoms with Crippen LogP contribution in [0.15, 0.2) is 15.8 Å². The Morgan fingerprint density at radius 2 is 2.32 bits per heavy atom. The second kappa shape index (κ2) is 4.85. The molecule has 0 saturated carbocycles. The Balaban J connectivity index is 2.56. The predicted octanol–water partition coefficient (Wildman–Crippen LogP) is -2.03. The molecule has 2 rings (SSSR count). The van der Waals surface area contributed by atoms with E-state index in [-0.39, 0.29) is 5.56 Å². The van der Waals surface area contributed by atoms with E-state index in [1.165, 1.54) is 0 Å². The molecule has 4 N–H and O–H groups in total. The molecule has 0 aromatic carbocycles. The van der Waals surface area contributed by atoms with Crippen LogP contribution < -0.4 is 11.2 Å². The van der Waals surface area contributed by atoms with Gasteiger partial charge < -0.3 is 20.1 Å². The Kier molecular flexibility index (Phi) is 3.19. The minimum atomic E-state index is -2.67. The second-order valence-electron chi connectivity index (χ2n) is 4.14. The maximum Gasteiger partial charge on any atom is 0.330 e. The molecule has 1 saturated heterocycles. The van der Waals surface area contributed by atoms with Gasteiger partial charge in [0.2, 0.25) is 5.85 Å². The summed E-state index contributed by atoms with van der Waals surface area (Å²) in [6, 6.07) is 0. The zero-order chi connectivity index (χ0) is 15.1. The number of nitrogens with one attached hydrogen (secondary N) is 1. The van der Waals surface area contributed by atoms with E-state index in [4.69, 9.17) is 11.6 Å². The van der Waals surface area contributed by atoms with Crippen molar-refractivity contribution in [2.75, 3.05) is 6.61 Å². The summed E-state index contributed by atoms with van der Waals surface area (Å²) in [6.45, 7) is -1.82. The Morgan fingerprint density at radius 3 is 2.84 bits per heavy atom. The van der Waals surface area contributed by atoms with Gasteiger partial charge in [0.15, 0.2) is 6.20 Å². The van der Waals surface area contributed by atoms with E-state index in [9.17, 15) is 19.1 Å². The zero-order valence-electron chi connectivity index (χ0n) is 10.7. The fraction of sp³-hybridized carbons (Fsp3) is 0.600. The molecular weight excluding hydrogens is 263 g/mol. The number of halogens is 1.